The molecular formula is C12H17FN2O3. The molecule has 1 aromatic carbocycles. The van der Waals surface area contributed by atoms with Crippen molar-refractivity contribution in [2.24, 2.45) is 0 Å². The first kappa shape index (κ1) is 14.4. The summed E-state index contributed by atoms with van der Waals surface area (Å²) in [4.78, 5) is 11.8. The number of nitro benzene ring substituents is 1. The smallest absolute Gasteiger partial charge is 0.305 e. The lowest BCUT2D eigenvalue weighted by molar-refractivity contribution is -0.387. The molecule has 1 rings (SSSR count). The van der Waals surface area contributed by atoms with E-state index in [9.17, 15) is 14.5 Å². The highest BCUT2D eigenvalue weighted by Gasteiger charge is 2.14. The molecule has 0 amide bonds. The van der Waals surface area contributed by atoms with Crippen molar-refractivity contribution in [1.29, 1.82) is 0 Å². The average molecular weight is 256 g/mol. The molecule has 5 nitrogen and oxygen atoms in total. The lowest BCUT2D eigenvalue weighted by Gasteiger charge is -2.17. The van der Waals surface area contributed by atoms with Crippen LogP contribution in [-0.2, 0) is 0 Å². The number of nitro groups is 1. The second-order valence-corrected chi connectivity index (χ2v) is 3.75. The maximum Gasteiger partial charge on any atom is 0.305 e. The van der Waals surface area contributed by atoms with Gasteiger partial charge in [-0.3, -0.25) is 10.1 Å². The molecule has 1 aromatic rings. The zero-order chi connectivity index (χ0) is 13.5. The topological polar surface area (TPSA) is 55.6 Å². The lowest BCUT2D eigenvalue weighted by Crippen LogP contribution is -2.27. The first-order valence-electron chi connectivity index (χ1n) is 5.87. The van der Waals surface area contributed by atoms with Gasteiger partial charge < -0.3 is 9.64 Å². The summed E-state index contributed by atoms with van der Waals surface area (Å²) >= 11 is 0. The zero-order valence-corrected chi connectivity index (χ0v) is 10.6. The first-order chi connectivity index (χ1) is 8.58. The molecule has 0 N–H and O–H groups in total. The molecule has 0 heterocycles. The van der Waals surface area contributed by atoms with Gasteiger partial charge in [0.25, 0.3) is 0 Å². The van der Waals surface area contributed by atoms with Gasteiger partial charge in [-0.05, 0) is 19.2 Å². The summed E-state index contributed by atoms with van der Waals surface area (Å²) in [5.74, 6) is -0.564. The Balaban J connectivity index is 2.53. The van der Waals surface area contributed by atoms with Crippen molar-refractivity contribution in [3.63, 3.8) is 0 Å². The average Bonchev–Trinajstić information content (AvgIpc) is 2.34. The molecule has 0 bridgehead atoms. The molecule has 6 heteroatoms. The predicted octanol–water partition coefficient (Wildman–Crippen LogP) is 2.45. The molecule has 0 saturated heterocycles. The highest BCUT2D eigenvalue weighted by molar-refractivity contribution is 5.37. The van der Waals surface area contributed by atoms with Crippen molar-refractivity contribution >= 4 is 5.69 Å². The number of benzene rings is 1. The molecule has 0 aliphatic heterocycles. The monoisotopic (exact) mass is 256 g/mol. The van der Waals surface area contributed by atoms with Gasteiger partial charge in [0.2, 0.25) is 5.82 Å². The normalized spacial score (nSPS) is 10.7. The molecule has 0 fully saturated rings. The Hall–Kier alpha value is -1.69. The third-order valence-corrected chi connectivity index (χ3v) is 2.69. The molecule has 0 radical (unpaired) electrons. The van der Waals surface area contributed by atoms with Crippen molar-refractivity contribution < 1.29 is 14.1 Å². The van der Waals surface area contributed by atoms with Crippen molar-refractivity contribution in [2.75, 3.05) is 26.2 Å². The Morgan fingerprint density at radius 1 is 1.39 bits per heavy atom. The summed E-state index contributed by atoms with van der Waals surface area (Å²) in [6, 6.07) is 3.56. The fourth-order valence-electron chi connectivity index (χ4n) is 1.56. The van der Waals surface area contributed by atoms with Gasteiger partial charge in [-0.15, -0.1) is 0 Å². The van der Waals surface area contributed by atoms with Crippen LogP contribution in [0.4, 0.5) is 10.1 Å². The molecule has 18 heavy (non-hydrogen) atoms. The van der Waals surface area contributed by atoms with E-state index in [4.69, 9.17) is 4.74 Å². The second-order valence-electron chi connectivity index (χ2n) is 3.75. The zero-order valence-electron chi connectivity index (χ0n) is 10.6. The van der Waals surface area contributed by atoms with Gasteiger partial charge >= 0.3 is 5.69 Å². The van der Waals surface area contributed by atoms with Crippen LogP contribution in [0.5, 0.6) is 5.75 Å². The number of hydrogen-bond donors (Lipinski definition) is 0. The van der Waals surface area contributed by atoms with E-state index in [2.05, 4.69) is 18.7 Å². The number of nitrogens with zero attached hydrogens (tertiary/aromatic N) is 2. The summed E-state index contributed by atoms with van der Waals surface area (Å²) in [7, 11) is 0. The van der Waals surface area contributed by atoms with E-state index >= 15 is 0 Å². The number of halogens is 1. The van der Waals surface area contributed by atoms with Crippen molar-refractivity contribution in [2.45, 2.75) is 13.8 Å². The van der Waals surface area contributed by atoms with Gasteiger partial charge in [-0.25, -0.2) is 0 Å². The second kappa shape index (κ2) is 6.90. The molecule has 0 atom stereocenters. The van der Waals surface area contributed by atoms with E-state index in [0.29, 0.717) is 12.4 Å². The largest absolute Gasteiger partial charge is 0.492 e. The minimum Gasteiger partial charge on any atom is -0.492 e. The SMILES string of the molecule is CCN(CC)CCOc1ccc([N+](=O)[O-])c(F)c1. The molecular weight excluding hydrogens is 239 g/mol. The third-order valence-electron chi connectivity index (χ3n) is 2.69. The molecule has 0 saturated carbocycles. The summed E-state index contributed by atoms with van der Waals surface area (Å²) in [5, 5.41) is 10.4. The van der Waals surface area contributed by atoms with Crippen LogP contribution in [0.3, 0.4) is 0 Å². The van der Waals surface area contributed by atoms with E-state index in [0.717, 1.165) is 31.8 Å². The van der Waals surface area contributed by atoms with Gasteiger partial charge in [0.1, 0.15) is 12.4 Å². The summed E-state index contributed by atoms with van der Waals surface area (Å²) in [5.41, 5.74) is -0.536. The fraction of sp³-hybridized carbons (Fsp3) is 0.500. The fourth-order valence-corrected chi connectivity index (χ4v) is 1.56. The van der Waals surface area contributed by atoms with Crippen LogP contribution in [0.25, 0.3) is 0 Å². The predicted molar refractivity (Wildman–Crippen MR) is 66.3 cm³/mol. The van der Waals surface area contributed by atoms with E-state index in [1.807, 2.05) is 0 Å². The molecule has 0 aromatic heterocycles. The minimum atomic E-state index is -0.875. The van der Waals surface area contributed by atoms with Crippen LogP contribution in [0.2, 0.25) is 0 Å². The molecule has 100 valence electrons. The standard InChI is InChI=1S/C12H17FN2O3/c1-3-14(4-2)7-8-18-10-5-6-12(15(16)17)11(13)9-10/h5-6,9H,3-4,7-8H2,1-2H3. The Morgan fingerprint density at radius 2 is 2.06 bits per heavy atom. The summed E-state index contributed by atoms with van der Waals surface area (Å²) in [6.45, 7) is 7.12. The maximum atomic E-state index is 13.3. The Labute approximate surface area is 105 Å². The maximum absolute atomic E-state index is 13.3. The molecule has 0 spiro atoms. The summed E-state index contributed by atoms with van der Waals surface area (Å²) < 4.78 is 18.6. The van der Waals surface area contributed by atoms with Crippen LogP contribution < -0.4 is 4.74 Å². The Bertz CT molecular complexity index is 408. The lowest BCUT2D eigenvalue weighted by atomic mass is 10.3. The highest BCUT2D eigenvalue weighted by Crippen LogP contribution is 2.22. The first-order valence-corrected chi connectivity index (χ1v) is 5.87. The van der Waals surface area contributed by atoms with Crippen molar-refractivity contribution in [1.82, 2.24) is 4.90 Å². The number of rotatable bonds is 7. The van der Waals surface area contributed by atoms with Crippen LogP contribution in [0.15, 0.2) is 18.2 Å². The molecule has 0 aliphatic carbocycles. The van der Waals surface area contributed by atoms with Crippen LogP contribution in [0.1, 0.15) is 13.8 Å². The van der Waals surface area contributed by atoms with Gasteiger partial charge in [0.15, 0.2) is 0 Å². The van der Waals surface area contributed by atoms with Gasteiger partial charge in [0, 0.05) is 18.7 Å². The highest BCUT2D eigenvalue weighted by atomic mass is 19.1. The van der Waals surface area contributed by atoms with E-state index in [-0.39, 0.29) is 0 Å². The molecule has 0 unspecified atom stereocenters. The number of likely N-dealkylation sites (N-methyl/N-ethyl adjacent to an activating group) is 1. The van der Waals surface area contributed by atoms with Crippen molar-refractivity contribution in [3.05, 3.63) is 34.1 Å². The van der Waals surface area contributed by atoms with Crippen LogP contribution in [-0.4, -0.2) is 36.1 Å². The van der Waals surface area contributed by atoms with Crippen LogP contribution in [0, 0.1) is 15.9 Å². The third kappa shape index (κ3) is 3.96. The van der Waals surface area contributed by atoms with E-state index < -0.39 is 16.4 Å². The van der Waals surface area contributed by atoms with E-state index in [1.165, 1.54) is 6.07 Å². The minimum absolute atomic E-state index is 0.310. The van der Waals surface area contributed by atoms with Gasteiger partial charge in [0.05, 0.1) is 4.92 Å². The quantitative estimate of drug-likeness (QED) is 0.555. The number of ether oxygens (including phenoxy) is 1. The number of hydrogen-bond acceptors (Lipinski definition) is 4. The van der Waals surface area contributed by atoms with Crippen LogP contribution >= 0.6 is 0 Å². The molecule has 0 aliphatic rings. The summed E-state index contributed by atoms with van der Waals surface area (Å²) in [6.07, 6.45) is 0. The van der Waals surface area contributed by atoms with Gasteiger partial charge in [-0.1, -0.05) is 13.8 Å². The van der Waals surface area contributed by atoms with Crippen molar-refractivity contribution in [3.8, 4) is 5.75 Å². The Kier molecular flexibility index (Phi) is 5.51. The Morgan fingerprint density at radius 3 is 2.56 bits per heavy atom. The van der Waals surface area contributed by atoms with E-state index in [1.54, 1.807) is 0 Å². The van der Waals surface area contributed by atoms with Gasteiger partial charge in [-0.2, -0.15) is 4.39 Å².